The summed E-state index contributed by atoms with van der Waals surface area (Å²) in [5.74, 6) is -0.951. The van der Waals surface area contributed by atoms with Gasteiger partial charge in [0.05, 0.1) is 7.14 Å². The van der Waals surface area contributed by atoms with Crippen molar-refractivity contribution in [3.63, 3.8) is 0 Å². The topological polar surface area (TPSA) is 75.6 Å². The number of carboxylic acid groups (broad SMARTS) is 1. The van der Waals surface area contributed by atoms with Gasteiger partial charge in [0.25, 0.3) is 5.91 Å². The fourth-order valence-electron chi connectivity index (χ4n) is 2.63. The molecule has 0 bridgehead atoms. The maximum atomic E-state index is 12.3. The van der Waals surface area contributed by atoms with Crippen LogP contribution in [0.15, 0.2) is 78.5 Å². The molecule has 3 aromatic rings. The zero-order chi connectivity index (χ0) is 21.5. The van der Waals surface area contributed by atoms with Crippen molar-refractivity contribution in [1.82, 2.24) is 5.32 Å². The van der Waals surface area contributed by atoms with Gasteiger partial charge < -0.3 is 15.2 Å². The lowest BCUT2D eigenvalue weighted by Crippen LogP contribution is -2.27. The van der Waals surface area contributed by atoms with Gasteiger partial charge in [0.2, 0.25) is 0 Å². The van der Waals surface area contributed by atoms with Gasteiger partial charge in [-0.2, -0.15) is 0 Å². The van der Waals surface area contributed by atoms with E-state index in [0.29, 0.717) is 17.7 Å². The van der Waals surface area contributed by atoms with E-state index < -0.39 is 11.9 Å². The highest BCUT2D eigenvalue weighted by Gasteiger charge is 2.15. The van der Waals surface area contributed by atoms with Gasteiger partial charge in [0.1, 0.15) is 18.1 Å². The molecule has 0 aliphatic heterocycles. The Hall–Kier alpha value is -2.40. The van der Waals surface area contributed by atoms with Gasteiger partial charge in [-0.05, 0) is 86.7 Å². The molecule has 1 amide bonds. The summed E-state index contributed by atoms with van der Waals surface area (Å²) in [6.07, 6.45) is 1.44. The SMILES string of the molecule is O=C(O)C(=Cc1cc(I)c(OCc2ccccc2)c(I)c1)NC(=O)c1ccccc1. The van der Waals surface area contributed by atoms with Crippen LogP contribution in [0.1, 0.15) is 21.5 Å². The molecule has 2 N–H and O–H groups in total. The van der Waals surface area contributed by atoms with Gasteiger partial charge in [0, 0.05) is 5.56 Å². The van der Waals surface area contributed by atoms with E-state index in [2.05, 4.69) is 50.5 Å². The van der Waals surface area contributed by atoms with Crippen LogP contribution in [-0.4, -0.2) is 17.0 Å². The van der Waals surface area contributed by atoms with Gasteiger partial charge in [-0.1, -0.05) is 48.5 Å². The molecule has 0 unspecified atom stereocenters. The third-order valence-electron chi connectivity index (χ3n) is 4.07. The average Bonchev–Trinajstić information content (AvgIpc) is 2.74. The summed E-state index contributed by atoms with van der Waals surface area (Å²) in [6, 6.07) is 22.0. The zero-order valence-electron chi connectivity index (χ0n) is 15.6. The van der Waals surface area contributed by atoms with Crippen LogP contribution in [-0.2, 0) is 11.4 Å². The third-order valence-corrected chi connectivity index (χ3v) is 5.67. The maximum absolute atomic E-state index is 12.3. The number of hydrogen-bond donors (Lipinski definition) is 2. The van der Waals surface area contributed by atoms with Crippen molar-refractivity contribution in [2.45, 2.75) is 6.61 Å². The van der Waals surface area contributed by atoms with Gasteiger partial charge >= 0.3 is 5.97 Å². The zero-order valence-corrected chi connectivity index (χ0v) is 20.0. The van der Waals surface area contributed by atoms with E-state index in [9.17, 15) is 14.7 Å². The maximum Gasteiger partial charge on any atom is 0.352 e. The normalized spacial score (nSPS) is 11.1. The second-order valence-corrected chi connectivity index (χ2v) is 8.60. The molecule has 0 saturated heterocycles. The number of rotatable bonds is 7. The van der Waals surface area contributed by atoms with Crippen LogP contribution in [0.2, 0.25) is 0 Å². The van der Waals surface area contributed by atoms with E-state index >= 15 is 0 Å². The summed E-state index contributed by atoms with van der Waals surface area (Å²) >= 11 is 4.32. The quantitative estimate of drug-likeness (QED) is 0.275. The molecule has 30 heavy (non-hydrogen) atoms. The van der Waals surface area contributed by atoms with E-state index in [1.807, 2.05) is 42.5 Å². The fourth-order valence-corrected chi connectivity index (χ4v) is 4.76. The molecule has 3 rings (SSSR count). The first-order valence-corrected chi connectivity index (χ1v) is 11.1. The predicted molar refractivity (Wildman–Crippen MR) is 132 cm³/mol. The number of carboxylic acids is 1. The number of carbonyl (C=O) groups excluding carboxylic acids is 1. The minimum Gasteiger partial charge on any atom is -0.487 e. The monoisotopic (exact) mass is 625 g/mol. The Morgan fingerprint density at radius 2 is 1.50 bits per heavy atom. The highest BCUT2D eigenvalue weighted by Crippen LogP contribution is 2.30. The highest BCUT2D eigenvalue weighted by atomic mass is 127. The molecular weight excluding hydrogens is 608 g/mol. The molecule has 0 aliphatic carbocycles. The first kappa shape index (κ1) is 22.3. The second-order valence-electron chi connectivity index (χ2n) is 6.27. The lowest BCUT2D eigenvalue weighted by atomic mass is 10.1. The van der Waals surface area contributed by atoms with Crippen molar-refractivity contribution in [3.8, 4) is 5.75 Å². The fraction of sp³-hybridized carbons (Fsp3) is 0.0435. The lowest BCUT2D eigenvalue weighted by molar-refractivity contribution is -0.132. The smallest absolute Gasteiger partial charge is 0.352 e. The molecule has 0 aliphatic rings. The number of hydrogen-bond acceptors (Lipinski definition) is 3. The molecule has 0 radical (unpaired) electrons. The van der Waals surface area contributed by atoms with Crippen LogP contribution in [0.3, 0.4) is 0 Å². The Bertz CT molecular complexity index is 1060. The molecule has 7 heteroatoms. The summed E-state index contributed by atoms with van der Waals surface area (Å²) in [6.45, 7) is 0.440. The molecular formula is C23H17I2NO4. The van der Waals surface area contributed by atoms with Crippen LogP contribution >= 0.6 is 45.2 Å². The van der Waals surface area contributed by atoms with Crippen LogP contribution in [0, 0.1) is 7.14 Å². The van der Waals surface area contributed by atoms with E-state index in [4.69, 9.17) is 4.74 Å². The Kier molecular flexibility index (Phi) is 7.86. The van der Waals surface area contributed by atoms with Gasteiger partial charge in [-0.25, -0.2) is 4.79 Å². The van der Waals surface area contributed by atoms with E-state index in [1.165, 1.54) is 6.08 Å². The van der Waals surface area contributed by atoms with E-state index in [1.54, 1.807) is 30.3 Å². The second kappa shape index (κ2) is 10.6. The molecule has 0 spiro atoms. The van der Waals surface area contributed by atoms with Crippen LogP contribution < -0.4 is 10.1 Å². The number of halogens is 2. The first-order chi connectivity index (χ1) is 14.4. The van der Waals surface area contributed by atoms with Crippen molar-refractivity contribution in [2.75, 3.05) is 0 Å². The van der Waals surface area contributed by atoms with E-state index in [-0.39, 0.29) is 5.70 Å². The van der Waals surface area contributed by atoms with Crippen molar-refractivity contribution in [3.05, 3.63) is 102 Å². The number of amides is 1. The summed E-state index contributed by atoms with van der Waals surface area (Å²) in [7, 11) is 0. The number of aliphatic carboxylic acids is 1. The van der Waals surface area contributed by atoms with Crippen molar-refractivity contribution < 1.29 is 19.4 Å². The van der Waals surface area contributed by atoms with Crippen LogP contribution in [0.5, 0.6) is 5.75 Å². The number of carbonyl (C=O) groups is 2. The predicted octanol–water partition coefficient (Wildman–Crippen LogP) is 5.33. The summed E-state index contributed by atoms with van der Waals surface area (Å²) < 4.78 is 7.66. The molecule has 0 fully saturated rings. The summed E-state index contributed by atoms with van der Waals surface area (Å²) in [5, 5.41) is 12.0. The number of benzene rings is 3. The van der Waals surface area contributed by atoms with Crippen LogP contribution in [0.25, 0.3) is 6.08 Å². The molecule has 5 nitrogen and oxygen atoms in total. The number of ether oxygens (including phenoxy) is 1. The van der Waals surface area contributed by atoms with Crippen LogP contribution in [0.4, 0.5) is 0 Å². The van der Waals surface area contributed by atoms with Gasteiger partial charge in [0.15, 0.2) is 0 Å². The molecule has 0 atom stereocenters. The summed E-state index contributed by atoms with van der Waals surface area (Å²) in [4.78, 5) is 24.0. The molecule has 0 aromatic heterocycles. The molecule has 3 aromatic carbocycles. The Balaban J connectivity index is 1.80. The van der Waals surface area contributed by atoms with Crippen molar-refractivity contribution in [1.29, 1.82) is 0 Å². The standard InChI is InChI=1S/C23H17I2NO4/c24-18-11-16(12-19(25)21(18)30-14-15-7-3-1-4-8-15)13-20(23(28)29)26-22(27)17-9-5-2-6-10-17/h1-13H,14H2,(H,26,27)(H,28,29). The lowest BCUT2D eigenvalue weighted by Gasteiger charge is -2.12. The molecule has 0 saturated carbocycles. The van der Waals surface area contributed by atoms with Gasteiger partial charge in [-0.3, -0.25) is 4.79 Å². The minimum atomic E-state index is -1.21. The molecule has 0 heterocycles. The Labute approximate surface area is 201 Å². The minimum absolute atomic E-state index is 0.201. The van der Waals surface area contributed by atoms with Crippen molar-refractivity contribution >= 4 is 63.1 Å². The van der Waals surface area contributed by atoms with E-state index in [0.717, 1.165) is 18.5 Å². The van der Waals surface area contributed by atoms with Gasteiger partial charge in [-0.15, -0.1) is 0 Å². The third kappa shape index (κ3) is 6.05. The average molecular weight is 625 g/mol. The first-order valence-electron chi connectivity index (χ1n) is 8.91. The largest absolute Gasteiger partial charge is 0.487 e. The number of nitrogens with one attached hydrogen (secondary N) is 1. The summed E-state index contributed by atoms with van der Waals surface area (Å²) in [5.41, 5.74) is 1.90. The van der Waals surface area contributed by atoms with Crippen molar-refractivity contribution in [2.24, 2.45) is 0 Å². The molecule has 152 valence electrons. The Morgan fingerprint density at radius 3 is 2.07 bits per heavy atom. The highest BCUT2D eigenvalue weighted by molar-refractivity contribution is 14.1. The Morgan fingerprint density at radius 1 is 0.933 bits per heavy atom.